The first kappa shape index (κ1) is 10.7. The Morgan fingerprint density at radius 1 is 1.00 bits per heavy atom. The van der Waals surface area contributed by atoms with Crippen LogP contribution in [0.3, 0.4) is 0 Å². The highest BCUT2D eigenvalue weighted by molar-refractivity contribution is 5.36. The minimum atomic E-state index is 0.820. The van der Waals surface area contributed by atoms with Crippen molar-refractivity contribution in [2.24, 2.45) is 0 Å². The second-order valence-corrected chi connectivity index (χ2v) is 3.71. The zero-order valence-electron chi connectivity index (χ0n) is 9.48. The van der Waals surface area contributed by atoms with Crippen LogP contribution in [0.2, 0.25) is 0 Å². The number of pyridine rings is 1. The van der Waals surface area contributed by atoms with Crippen molar-refractivity contribution in [1.29, 1.82) is 0 Å². The molecule has 0 fully saturated rings. The van der Waals surface area contributed by atoms with Crippen LogP contribution in [0.5, 0.6) is 0 Å². The molecule has 16 heavy (non-hydrogen) atoms. The average Bonchev–Trinajstić information content (AvgIpc) is 2.38. The normalized spacial score (nSPS) is 10.1. The summed E-state index contributed by atoms with van der Waals surface area (Å²) in [5, 5.41) is 3.32. The van der Waals surface area contributed by atoms with Crippen LogP contribution in [0.1, 0.15) is 18.2 Å². The molecule has 0 aliphatic carbocycles. The molecule has 0 unspecified atom stereocenters. The Bertz CT molecular complexity index is 437. The van der Waals surface area contributed by atoms with Gasteiger partial charge in [-0.25, -0.2) is 4.98 Å². The van der Waals surface area contributed by atoms with Crippen LogP contribution in [0.15, 0.2) is 48.5 Å². The summed E-state index contributed by atoms with van der Waals surface area (Å²) in [4.78, 5) is 4.50. The molecular weight excluding hydrogens is 196 g/mol. The molecule has 0 bridgehead atoms. The van der Waals surface area contributed by atoms with Gasteiger partial charge in [-0.15, -0.1) is 0 Å². The lowest BCUT2D eigenvalue weighted by Crippen LogP contribution is -2.02. The third-order valence-corrected chi connectivity index (χ3v) is 2.49. The molecule has 2 nitrogen and oxygen atoms in total. The zero-order valence-corrected chi connectivity index (χ0v) is 9.48. The SMILES string of the molecule is CCc1cccc(NCc2ccccc2)n1. The maximum atomic E-state index is 4.50. The maximum Gasteiger partial charge on any atom is 0.126 e. The minimum absolute atomic E-state index is 0.820. The highest BCUT2D eigenvalue weighted by Crippen LogP contribution is 2.07. The number of rotatable bonds is 4. The molecule has 0 amide bonds. The summed E-state index contributed by atoms with van der Waals surface area (Å²) in [5.41, 5.74) is 2.39. The van der Waals surface area contributed by atoms with Crippen molar-refractivity contribution in [3.8, 4) is 0 Å². The van der Waals surface area contributed by atoms with Gasteiger partial charge in [0.25, 0.3) is 0 Å². The molecule has 0 aliphatic heterocycles. The molecule has 2 aromatic rings. The number of nitrogens with one attached hydrogen (secondary N) is 1. The predicted molar refractivity (Wildman–Crippen MR) is 67.4 cm³/mol. The van der Waals surface area contributed by atoms with Gasteiger partial charge >= 0.3 is 0 Å². The van der Waals surface area contributed by atoms with Gasteiger partial charge in [-0.2, -0.15) is 0 Å². The Morgan fingerprint density at radius 2 is 1.81 bits per heavy atom. The van der Waals surface area contributed by atoms with Gasteiger partial charge in [-0.1, -0.05) is 43.3 Å². The maximum absolute atomic E-state index is 4.50. The molecule has 0 saturated carbocycles. The van der Waals surface area contributed by atoms with E-state index in [0.717, 1.165) is 24.5 Å². The fourth-order valence-electron chi connectivity index (χ4n) is 1.56. The summed E-state index contributed by atoms with van der Waals surface area (Å²) in [6.45, 7) is 2.93. The van der Waals surface area contributed by atoms with Crippen molar-refractivity contribution in [3.05, 3.63) is 59.8 Å². The van der Waals surface area contributed by atoms with E-state index >= 15 is 0 Å². The molecule has 1 N–H and O–H groups in total. The van der Waals surface area contributed by atoms with Gasteiger partial charge in [0.05, 0.1) is 0 Å². The van der Waals surface area contributed by atoms with E-state index in [1.54, 1.807) is 0 Å². The lowest BCUT2D eigenvalue weighted by molar-refractivity contribution is 1.02. The summed E-state index contributed by atoms with van der Waals surface area (Å²) >= 11 is 0. The minimum Gasteiger partial charge on any atom is -0.366 e. The second-order valence-electron chi connectivity index (χ2n) is 3.71. The summed E-state index contributed by atoms with van der Waals surface area (Å²) in [7, 11) is 0. The van der Waals surface area contributed by atoms with E-state index in [9.17, 15) is 0 Å². The van der Waals surface area contributed by atoms with Crippen LogP contribution in [-0.4, -0.2) is 4.98 Å². The Morgan fingerprint density at radius 3 is 2.56 bits per heavy atom. The molecular formula is C14H16N2. The van der Waals surface area contributed by atoms with Gasteiger partial charge in [0.15, 0.2) is 0 Å². The first-order valence-electron chi connectivity index (χ1n) is 5.62. The molecule has 0 spiro atoms. The van der Waals surface area contributed by atoms with Gasteiger partial charge in [0.2, 0.25) is 0 Å². The summed E-state index contributed by atoms with van der Waals surface area (Å²) < 4.78 is 0. The van der Waals surface area contributed by atoms with E-state index in [2.05, 4.69) is 29.4 Å². The number of benzene rings is 1. The molecule has 1 aromatic heterocycles. The van der Waals surface area contributed by atoms with Crippen LogP contribution in [0.25, 0.3) is 0 Å². The van der Waals surface area contributed by atoms with Crippen LogP contribution in [0.4, 0.5) is 5.82 Å². The quantitative estimate of drug-likeness (QED) is 0.841. The summed E-state index contributed by atoms with van der Waals surface area (Å²) in [5.74, 6) is 0.947. The van der Waals surface area contributed by atoms with Crippen LogP contribution >= 0.6 is 0 Å². The number of aromatic nitrogens is 1. The van der Waals surface area contributed by atoms with E-state index in [4.69, 9.17) is 0 Å². The Balaban J connectivity index is 1.99. The average molecular weight is 212 g/mol. The number of hydrogen-bond donors (Lipinski definition) is 1. The van der Waals surface area contributed by atoms with Gasteiger partial charge in [0, 0.05) is 12.2 Å². The number of anilines is 1. The van der Waals surface area contributed by atoms with Crippen molar-refractivity contribution in [2.75, 3.05) is 5.32 Å². The van der Waals surface area contributed by atoms with Crippen molar-refractivity contribution < 1.29 is 0 Å². The first-order valence-corrected chi connectivity index (χ1v) is 5.62. The lowest BCUT2D eigenvalue weighted by atomic mass is 10.2. The second kappa shape index (κ2) is 5.31. The van der Waals surface area contributed by atoms with E-state index in [0.29, 0.717) is 0 Å². The molecule has 2 heteroatoms. The Kier molecular flexibility index (Phi) is 3.54. The first-order chi connectivity index (χ1) is 7.88. The van der Waals surface area contributed by atoms with Crippen molar-refractivity contribution in [3.63, 3.8) is 0 Å². The lowest BCUT2D eigenvalue weighted by Gasteiger charge is -2.06. The molecule has 82 valence electrons. The Labute approximate surface area is 96.4 Å². The molecule has 0 atom stereocenters. The Hall–Kier alpha value is -1.83. The topological polar surface area (TPSA) is 24.9 Å². The molecule has 1 heterocycles. The highest BCUT2D eigenvalue weighted by Gasteiger charge is 1.95. The molecule has 0 radical (unpaired) electrons. The van der Waals surface area contributed by atoms with E-state index < -0.39 is 0 Å². The van der Waals surface area contributed by atoms with Gasteiger partial charge in [-0.05, 0) is 24.1 Å². The van der Waals surface area contributed by atoms with Crippen molar-refractivity contribution in [1.82, 2.24) is 4.98 Å². The molecule has 1 aromatic carbocycles. The highest BCUT2D eigenvalue weighted by atomic mass is 15.0. The number of nitrogens with zero attached hydrogens (tertiary/aromatic N) is 1. The largest absolute Gasteiger partial charge is 0.366 e. The predicted octanol–water partition coefficient (Wildman–Crippen LogP) is 3.26. The third-order valence-electron chi connectivity index (χ3n) is 2.49. The van der Waals surface area contributed by atoms with Crippen molar-refractivity contribution >= 4 is 5.82 Å². The van der Waals surface area contributed by atoms with E-state index in [1.807, 2.05) is 36.4 Å². The zero-order chi connectivity index (χ0) is 11.2. The van der Waals surface area contributed by atoms with Crippen LogP contribution in [-0.2, 0) is 13.0 Å². The van der Waals surface area contributed by atoms with E-state index in [1.165, 1.54) is 5.56 Å². The molecule has 2 rings (SSSR count). The van der Waals surface area contributed by atoms with E-state index in [-0.39, 0.29) is 0 Å². The van der Waals surface area contributed by atoms with Crippen LogP contribution in [0, 0.1) is 0 Å². The summed E-state index contributed by atoms with van der Waals surface area (Å²) in [6.07, 6.45) is 0.973. The standard InChI is InChI=1S/C14H16N2/c1-2-13-9-6-10-14(16-13)15-11-12-7-4-3-5-8-12/h3-10H,2,11H2,1H3,(H,15,16). The molecule has 0 aliphatic rings. The van der Waals surface area contributed by atoms with Gasteiger partial charge in [-0.3, -0.25) is 0 Å². The molecule has 0 saturated heterocycles. The fraction of sp³-hybridized carbons (Fsp3) is 0.214. The fourth-order valence-corrected chi connectivity index (χ4v) is 1.56. The number of aryl methyl sites for hydroxylation is 1. The summed E-state index contributed by atoms with van der Waals surface area (Å²) in [6, 6.07) is 16.4. The monoisotopic (exact) mass is 212 g/mol. The smallest absolute Gasteiger partial charge is 0.126 e. The van der Waals surface area contributed by atoms with Gasteiger partial charge < -0.3 is 5.32 Å². The van der Waals surface area contributed by atoms with Crippen LogP contribution < -0.4 is 5.32 Å². The van der Waals surface area contributed by atoms with Crippen molar-refractivity contribution in [2.45, 2.75) is 19.9 Å². The van der Waals surface area contributed by atoms with Gasteiger partial charge in [0.1, 0.15) is 5.82 Å². The number of hydrogen-bond acceptors (Lipinski definition) is 2. The third kappa shape index (κ3) is 2.83.